The molecular weight excluding hydrogens is 427 g/mol. The fraction of sp³-hybridized carbons (Fsp3) is 0.391. The van der Waals surface area contributed by atoms with E-state index >= 15 is 0 Å². The predicted octanol–water partition coefficient (Wildman–Crippen LogP) is 5.37. The summed E-state index contributed by atoms with van der Waals surface area (Å²) in [6.07, 6.45) is 2.67. The summed E-state index contributed by atoms with van der Waals surface area (Å²) < 4.78 is 41.6. The number of anilines is 1. The number of hydrogen-bond acceptors (Lipinski definition) is 4. The molecule has 0 unspecified atom stereocenters. The van der Waals surface area contributed by atoms with Gasteiger partial charge in [0.25, 0.3) is 0 Å². The molecule has 166 valence electrons. The topological polar surface area (TPSA) is 56.1 Å². The van der Waals surface area contributed by atoms with Crippen LogP contribution >= 0.6 is 11.6 Å². The van der Waals surface area contributed by atoms with Crippen molar-refractivity contribution in [1.82, 2.24) is 5.32 Å². The van der Waals surface area contributed by atoms with Crippen LogP contribution in [0.2, 0.25) is 5.02 Å². The van der Waals surface area contributed by atoms with Crippen molar-refractivity contribution >= 4 is 23.6 Å². The van der Waals surface area contributed by atoms with Crippen LogP contribution in [0.3, 0.4) is 0 Å². The Labute approximate surface area is 185 Å². The smallest absolute Gasteiger partial charge is 0.161 e. The van der Waals surface area contributed by atoms with E-state index in [0.29, 0.717) is 18.3 Å². The van der Waals surface area contributed by atoms with Crippen molar-refractivity contribution in [3.63, 3.8) is 0 Å². The van der Waals surface area contributed by atoms with E-state index < -0.39 is 23.5 Å². The number of carbonyl (C=O) groups is 1. The average Bonchev–Trinajstić information content (AvgIpc) is 2.75. The van der Waals surface area contributed by atoms with Crippen LogP contribution in [0.15, 0.2) is 30.3 Å². The van der Waals surface area contributed by atoms with Crippen molar-refractivity contribution < 1.29 is 18.0 Å². The number of nitrogens with zero attached hydrogens (tertiary/aromatic N) is 2. The number of nitrogens with one attached hydrogen (secondary N) is 1. The zero-order valence-electron chi connectivity index (χ0n) is 17.5. The molecule has 0 amide bonds. The Morgan fingerprint density at radius 1 is 1.13 bits per heavy atom. The highest BCUT2D eigenvalue weighted by Crippen LogP contribution is 2.28. The minimum absolute atomic E-state index is 0.0576. The number of benzene rings is 2. The Bertz CT molecular complexity index is 944. The lowest BCUT2D eigenvalue weighted by molar-refractivity contribution is -0.108. The van der Waals surface area contributed by atoms with Crippen LogP contribution in [0, 0.1) is 28.8 Å². The summed E-state index contributed by atoms with van der Waals surface area (Å²) in [4.78, 5) is 13.1. The molecule has 0 aromatic heterocycles. The van der Waals surface area contributed by atoms with Crippen molar-refractivity contribution in [2.24, 2.45) is 0 Å². The summed E-state index contributed by atoms with van der Waals surface area (Å²) >= 11 is 6.19. The first-order chi connectivity index (χ1) is 14.8. The van der Waals surface area contributed by atoms with Gasteiger partial charge in [-0.05, 0) is 37.1 Å². The lowest BCUT2D eigenvalue weighted by Gasteiger charge is -2.34. The van der Waals surface area contributed by atoms with Crippen LogP contribution in [0.5, 0.6) is 0 Å². The second kappa shape index (κ2) is 11.7. The molecule has 1 atom stereocenters. The van der Waals surface area contributed by atoms with Crippen LogP contribution in [0.25, 0.3) is 0 Å². The van der Waals surface area contributed by atoms with E-state index in [-0.39, 0.29) is 35.2 Å². The van der Waals surface area contributed by atoms with E-state index in [1.807, 2.05) is 19.9 Å². The third-order valence-electron chi connectivity index (χ3n) is 5.27. The quantitative estimate of drug-likeness (QED) is 0.368. The highest BCUT2D eigenvalue weighted by atomic mass is 35.5. The number of rotatable bonds is 11. The van der Waals surface area contributed by atoms with E-state index in [2.05, 4.69) is 5.32 Å². The van der Waals surface area contributed by atoms with Crippen LogP contribution in [-0.4, -0.2) is 24.9 Å². The van der Waals surface area contributed by atoms with E-state index in [1.54, 1.807) is 17.0 Å². The largest absolute Gasteiger partial charge is 0.362 e. The molecule has 1 N–H and O–H groups in total. The fourth-order valence-electron chi connectivity index (χ4n) is 3.38. The van der Waals surface area contributed by atoms with Crippen LogP contribution < -0.4 is 10.2 Å². The zero-order valence-corrected chi connectivity index (χ0v) is 18.2. The molecule has 2 aromatic carbocycles. The Morgan fingerprint density at radius 2 is 1.81 bits per heavy atom. The molecule has 0 aliphatic carbocycles. The average molecular weight is 452 g/mol. The summed E-state index contributed by atoms with van der Waals surface area (Å²) in [7, 11) is 0. The minimum atomic E-state index is -1.27. The molecule has 0 aliphatic rings. The molecule has 0 radical (unpaired) electrons. The molecule has 0 spiro atoms. The van der Waals surface area contributed by atoms with Gasteiger partial charge in [-0.15, -0.1) is 0 Å². The van der Waals surface area contributed by atoms with E-state index in [0.717, 1.165) is 25.2 Å². The van der Waals surface area contributed by atoms with Gasteiger partial charge in [0.05, 0.1) is 10.6 Å². The second-order valence-electron chi connectivity index (χ2n) is 7.24. The first-order valence-electron chi connectivity index (χ1n) is 10.1. The minimum Gasteiger partial charge on any atom is -0.362 e. The summed E-state index contributed by atoms with van der Waals surface area (Å²) in [6.45, 7) is 4.39. The first kappa shape index (κ1) is 24.7. The van der Waals surface area contributed by atoms with E-state index in [4.69, 9.17) is 16.9 Å². The van der Waals surface area contributed by atoms with Gasteiger partial charge in [-0.1, -0.05) is 25.4 Å². The molecule has 0 bridgehead atoms. The molecule has 0 heterocycles. The van der Waals surface area contributed by atoms with E-state index in [9.17, 15) is 18.0 Å². The van der Waals surface area contributed by atoms with Gasteiger partial charge in [0.15, 0.2) is 11.6 Å². The van der Waals surface area contributed by atoms with Gasteiger partial charge in [-0.2, -0.15) is 5.26 Å². The molecule has 0 saturated heterocycles. The predicted molar refractivity (Wildman–Crippen MR) is 116 cm³/mol. The summed E-state index contributed by atoms with van der Waals surface area (Å²) in [5.74, 6) is -3.31. The Kier molecular flexibility index (Phi) is 9.35. The summed E-state index contributed by atoms with van der Waals surface area (Å²) in [5.41, 5.74) is 0.746. The molecule has 4 nitrogen and oxygen atoms in total. The lowest BCUT2D eigenvalue weighted by Crippen LogP contribution is -2.45. The van der Waals surface area contributed by atoms with Gasteiger partial charge in [0, 0.05) is 48.9 Å². The van der Waals surface area contributed by atoms with Gasteiger partial charge in [-0.25, -0.2) is 13.2 Å². The number of carbonyl (C=O) groups excluding carboxylic acids is 1. The lowest BCUT2D eigenvalue weighted by atomic mass is 10.1. The van der Waals surface area contributed by atoms with Crippen molar-refractivity contribution in [2.45, 2.75) is 51.7 Å². The molecule has 31 heavy (non-hydrogen) atoms. The maximum absolute atomic E-state index is 14.4. The number of hydrogen-bond donors (Lipinski definition) is 1. The Hall–Kier alpha value is -2.56. The third-order valence-corrected chi connectivity index (χ3v) is 5.58. The monoisotopic (exact) mass is 451 g/mol. The van der Waals surface area contributed by atoms with Crippen LogP contribution in [0.1, 0.15) is 44.2 Å². The molecule has 8 heteroatoms. The van der Waals surface area contributed by atoms with Gasteiger partial charge >= 0.3 is 0 Å². The number of nitriles is 1. The molecule has 0 saturated carbocycles. The highest BCUT2D eigenvalue weighted by Gasteiger charge is 2.23. The second-order valence-corrected chi connectivity index (χ2v) is 7.65. The Morgan fingerprint density at radius 3 is 2.39 bits per heavy atom. The SMILES string of the molecule is CCC(CC)NC[C@H](CC=O)N(Cc1cc(F)c(F)cc1F)c1ccc(C#N)c(Cl)c1. The zero-order chi connectivity index (χ0) is 23.0. The van der Waals surface area contributed by atoms with Gasteiger partial charge < -0.3 is 15.0 Å². The summed E-state index contributed by atoms with van der Waals surface area (Å²) in [6, 6.07) is 7.83. The normalized spacial score (nSPS) is 11.9. The van der Waals surface area contributed by atoms with E-state index in [1.165, 1.54) is 6.07 Å². The number of halogens is 4. The van der Waals surface area contributed by atoms with Crippen molar-refractivity contribution in [3.8, 4) is 6.07 Å². The maximum Gasteiger partial charge on any atom is 0.161 e. The molecule has 2 aromatic rings. The summed E-state index contributed by atoms with van der Waals surface area (Å²) in [5, 5.41) is 12.7. The van der Waals surface area contributed by atoms with Crippen molar-refractivity contribution in [2.75, 3.05) is 11.4 Å². The van der Waals surface area contributed by atoms with Gasteiger partial charge in [0.1, 0.15) is 18.2 Å². The van der Waals surface area contributed by atoms with Crippen LogP contribution in [-0.2, 0) is 11.3 Å². The van der Waals surface area contributed by atoms with Crippen LogP contribution in [0.4, 0.5) is 18.9 Å². The molecule has 0 aliphatic heterocycles. The Balaban J connectivity index is 2.47. The van der Waals surface area contributed by atoms with Gasteiger partial charge in [-0.3, -0.25) is 0 Å². The maximum atomic E-state index is 14.4. The molecular formula is C23H25ClF3N3O. The molecule has 2 rings (SSSR count). The van der Waals surface area contributed by atoms with Crippen molar-refractivity contribution in [1.29, 1.82) is 5.26 Å². The highest BCUT2D eigenvalue weighted by molar-refractivity contribution is 6.32. The third kappa shape index (κ3) is 6.46. The fourth-order valence-corrected chi connectivity index (χ4v) is 3.60. The van der Waals surface area contributed by atoms with Gasteiger partial charge in [0.2, 0.25) is 0 Å². The number of aldehydes is 1. The van der Waals surface area contributed by atoms with Crippen molar-refractivity contribution in [3.05, 3.63) is 63.9 Å². The molecule has 0 fully saturated rings. The standard InChI is InChI=1S/C23H25ClF3N3O/c1-3-17(4-2)29-13-19(7-8-31)30(18-6-5-15(12-28)20(24)10-18)14-16-9-22(26)23(27)11-21(16)25/h5-6,8-11,17,19,29H,3-4,7,13-14H2,1-2H3/t19-/m0/s1. The first-order valence-corrected chi connectivity index (χ1v) is 10.5.